The van der Waals surface area contributed by atoms with Gasteiger partial charge in [0.25, 0.3) is 0 Å². The summed E-state index contributed by atoms with van der Waals surface area (Å²) in [5, 5.41) is 0.574. The first kappa shape index (κ1) is 14.6. The molecule has 2 aromatic rings. The number of methoxy groups -OCH3 is 1. The minimum absolute atomic E-state index is 0.197. The Balaban J connectivity index is 2.32. The van der Waals surface area contributed by atoms with E-state index in [0.717, 1.165) is 0 Å². The Hall–Kier alpha value is -1.79. The number of hydrogen-bond donors (Lipinski definition) is 1. The molecule has 1 aromatic carbocycles. The quantitative estimate of drug-likeness (QED) is 0.849. The number of nitrogens with zero attached hydrogens (tertiary/aromatic N) is 1. The molecule has 2 rings (SSSR count). The number of nitrogens with two attached hydrogens (primary N) is 1. The molecule has 0 atom stereocenters. The molecule has 0 aliphatic carbocycles. The van der Waals surface area contributed by atoms with Gasteiger partial charge in [0.15, 0.2) is 0 Å². The lowest BCUT2D eigenvalue weighted by atomic mass is 10.2. The highest BCUT2D eigenvalue weighted by Crippen LogP contribution is 2.31. The van der Waals surface area contributed by atoms with Crippen molar-refractivity contribution in [1.29, 1.82) is 0 Å². The van der Waals surface area contributed by atoms with Gasteiger partial charge in [0, 0.05) is 11.1 Å². The first-order valence-electron chi connectivity index (χ1n) is 5.48. The summed E-state index contributed by atoms with van der Waals surface area (Å²) in [6.07, 6.45) is 1.34. The second-order valence-corrected chi connectivity index (χ2v) is 5.07. The van der Waals surface area contributed by atoms with Crippen molar-refractivity contribution >= 4 is 39.2 Å². The van der Waals surface area contributed by atoms with E-state index in [1.807, 2.05) is 0 Å². The van der Waals surface area contributed by atoms with Crippen LogP contribution in [-0.2, 0) is 4.74 Å². The molecular formula is C13H10BrClN2O3. The number of aromatic nitrogens is 1. The van der Waals surface area contributed by atoms with Gasteiger partial charge in [-0.05, 0) is 34.1 Å². The minimum Gasteiger partial charge on any atom is -0.465 e. The lowest BCUT2D eigenvalue weighted by Gasteiger charge is -2.09. The molecule has 0 aliphatic rings. The van der Waals surface area contributed by atoms with Gasteiger partial charge in [0.1, 0.15) is 5.75 Å². The first-order valence-corrected chi connectivity index (χ1v) is 6.65. The predicted molar refractivity (Wildman–Crippen MR) is 79.2 cm³/mol. The maximum Gasteiger partial charge on any atom is 0.340 e. The van der Waals surface area contributed by atoms with Crippen LogP contribution in [0.2, 0.25) is 5.02 Å². The smallest absolute Gasteiger partial charge is 0.340 e. The molecule has 0 aliphatic heterocycles. The van der Waals surface area contributed by atoms with Crippen LogP contribution in [0.15, 0.2) is 34.9 Å². The zero-order chi connectivity index (χ0) is 14.7. The van der Waals surface area contributed by atoms with Gasteiger partial charge < -0.3 is 15.2 Å². The van der Waals surface area contributed by atoms with Crippen molar-refractivity contribution in [1.82, 2.24) is 4.98 Å². The van der Waals surface area contributed by atoms with Gasteiger partial charge in [-0.1, -0.05) is 11.6 Å². The van der Waals surface area contributed by atoms with Crippen molar-refractivity contribution < 1.29 is 14.3 Å². The number of anilines is 1. The summed E-state index contributed by atoms with van der Waals surface area (Å²) in [6, 6.07) is 6.47. The number of halogens is 2. The molecular weight excluding hydrogens is 348 g/mol. The molecule has 20 heavy (non-hydrogen) atoms. The highest BCUT2D eigenvalue weighted by molar-refractivity contribution is 9.10. The van der Waals surface area contributed by atoms with Crippen molar-refractivity contribution in [2.45, 2.75) is 0 Å². The SMILES string of the molecule is COC(=O)c1cc(Oc2ccc(Cl)cc2Br)ncc1N. The van der Waals surface area contributed by atoms with Crippen LogP contribution in [0.25, 0.3) is 0 Å². The molecule has 104 valence electrons. The number of ether oxygens (including phenoxy) is 2. The number of hydrogen-bond acceptors (Lipinski definition) is 5. The number of pyridine rings is 1. The summed E-state index contributed by atoms with van der Waals surface area (Å²) in [6.45, 7) is 0. The molecule has 0 spiro atoms. The van der Waals surface area contributed by atoms with E-state index >= 15 is 0 Å². The molecule has 0 saturated carbocycles. The van der Waals surface area contributed by atoms with Gasteiger partial charge in [-0.15, -0.1) is 0 Å². The molecule has 0 unspecified atom stereocenters. The van der Waals surface area contributed by atoms with E-state index in [-0.39, 0.29) is 17.1 Å². The number of carbonyl (C=O) groups excluding carboxylic acids is 1. The van der Waals surface area contributed by atoms with E-state index in [0.29, 0.717) is 15.2 Å². The maximum atomic E-state index is 11.5. The molecule has 0 saturated heterocycles. The molecule has 1 aromatic heterocycles. The lowest BCUT2D eigenvalue weighted by molar-refractivity contribution is 0.0601. The van der Waals surface area contributed by atoms with E-state index < -0.39 is 5.97 Å². The summed E-state index contributed by atoms with van der Waals surface area (Å²) < 4.78 is 10.9. The van der Waals surface area contributed by atoms with Crippen LogP contribution in [-0.4, -0.2) is 18.1 Å². The molecule has 5 nitrogen and oxygen atoms in total. The van der Waals surface area contributed by atoms with E-state index in [4.69, 9.17) is 22.1 Å². The fourth-order valence-corrected chi connectivity index (χ4v) is 2.22. The Morgan fingerprint density at radius 3 is 2.80 bits per heavy atom. The fourth-order valence-electron chi connectivity index (χ4n) is 1.46. The first-order chi connectivity index (χ1) is 9.51. The van der Waals surface area contributed by atoms with Crippen LogP contribution in [0.5, 0.6) is 11.6 Å². The Labute approximate surface area is 128 Å². The Morgan fingerprint density at radius 1 is 1.40 bits per heavy atom. The van der Waals surface area contributed by atoms with Gasteiger partial charge >= 0.3 is 5.97 Å². The maximum absolute atomic E-state index is 11.5. The molecule has 0 radical (unpaired) electrons. The summed E-state index contributed by atoms with van der Waals surface area (Å²) in [4.78, 5) is 15.5. The number of nitrogen functional groups attached to an aromatic ring is 1. The lowest BCUT2D eigenvalue weighted by Crippen LogP contribution is -2.06. The number of carbonyl (C=O) groups is 1. The molecule has 0 amide bonds. The standard InChI is InChI=1S/C13H10BrClN2O3/c1-19-13(18)8-5-12(17-6-10(8)16)20-11-3-2-7(15)4-9(11)14/h2-6H,16H2,1H3. The third-order valence-electron chi connectivity index (χ3n) is 2.42. The van der Waals surface area contributed by atoms with Crippen LogP contribution in [0.4, 0.5) is 5.69 Å². The highest BCUT2D eigenvalue weighted by Gasteiger charge is 2.13. The van der Waals surface area contributed by atoms with Gasteiger partial charge in [-0.2, -0.15) is 0 Å². The van der Waals surface area contributed by atoms with E-state index in [1.165, 1.54) is 19.4 Å². The van der Waals surface area contributed by atoms with Crippen molar-refractivity contribution in [3.63, 3.8) is 0 Å². The van der Waals surface area contributed by atoms with Crippen LogP contribution < -0.4 is 10.5 Å². The second-order valence-electron chi connectivity index (χ2n) is 3.78. The zero-order valence-electron chi connectivity index (χ0n) is 10.4. The molecule has 1 heterocycles. The van der Waals surface area contributed by atoms with Crippen molar-refractivity contribution in [3.05, 3.63) is 45.5 Å². The van der Waals surface area contributed by atoms with Crippen LogP contribution in [0.3, 0.4) is 0 Å². The minimum atomic E-state index is -0.551. The third kappa shape index (κ3) is 3.20. The van der Waals surface area contributed by atoms with Gasteiger partial charge in [-0.3, -0.25) is 0 Å². The van der Waals surface area contributed by atoms with Crippen LogP contribution in [0.1, 0.15) is 10.4 Å². The molecule has 7 heteroatoms. The van der Waals surface area contributed by atoms with Crippen LogP contribution >= 0.6 is 27.5 Å². The molecule has 0 fully saturated rings. The number of esters is 1. The second kappa shape index (κ2) is 6.11. The Morgan fingerprint density at radius 2 is 2.15 bits per heavy atom. The van der Waals surface area contributed by atoms with Gasteiger partial charge in [-0.25, -0.2) is 9.78 Å². The third-order valence-corrected chi connectivity index (χ3v) is 3.28. The Kier molecular flexibility index (Phi) is 4.46. The predicted octanol–water partition coefficient (Wildman–Crippen LogP) is 3.66. The normalized spacial score (nSPS) is 10.2. The molecule has 2 N–H and O–H groups in total. The summed E-state index contributed by atoms with van der Waals surface area (Å²) in [7, 11) is 1.28. The summed E-state index contributed by atoms with van der Waals surface area (Å²) >= 11 is 9.17. The summed E-state index contributed by atoms with van der Waals surface area (Å²) in [5.41, 5.74) is 6.08. The van der Waals surface area contributed by atoms with Gasteiger partial charge in [0.2, 0.25) is 5.88 Å². The monoisotopic (exact) mass is 356 g/mol. The summed E-state index contributed by atoms with van der Waals surface area (Å²) in [5.74, 6) is 0.190. The highest BCUT2D eigenvalue weighted by atomic mass is 79.9. The fraction of sp³-hybridized carbons (Fsp3) is 0.0769. The van der Waals surface area contributed by atoms with Crippen LogP contribution in [0, 0.1) is 0 Å². The average Bonchev–Trinajstić information content (AvgIpc) is 2.43. The largest absolute Gasteiger partial charge is 0.465 e. The zero-order valence-corrected chi connectivity index (χ0v) is 12.7. The van der Waals surface area contributed by atoms with Crippen molar-refractivity contribution in [3.8, 4) is 11.6 Å². The molecule has 0 bridgehead atoms. The van der Waals surface area contributed by atoms with Crippen molar-refractivity contribution in [2.75, 3.05) is 12.8 Å². The van der Waals surface area contributed by atoms with E-state index in [2.05, 4.69) is 25.7 Å². The number of benzene rings is 1. The van der Waals surface area contributed by atoms with Crippen molar-refractivity contribution in [2.24, 2.45) is 0 Å². The number of rotatable bonds is 3. The average molecular weight is 358 g/mol. The van der Waals surface area contributed by atoms with E-state index in [9.17, 15) is 4.79 Å². The van der Waals surface area contributed by atoms with E-state index in [1.54, 1.807) is 18.2 Å². The topological polar surface area (TPSA) is 74.4 Å². The Bertz CT molecular complexity index is 664. The van der Waals surface area contributed by atoms with Gasteiger partial charge in [0.05, 0.1) is 29.0 Å².